The highest BCUT2D eigenvalue weighted by Gasteiger charge is 2.24. The van der Waals surface area contributed by atoms with Crippen LogP contribution in [0.15, 0.2) is 60.7 Å². The first-order valence-electron chi connectivity index (χ1n) is 15.4. The lowest BCUT2D eigenvalue weighted by atomic mass is 9.99. The second-order valence-corrected chi connectivity index (χ2v) is 11.9. The van der Waals surface area contributed by atoms with E-state index in [-0.39, 0.29) is 24.0 Å². The van der Waals surface area contributed by atoms with Crippen LogP contribution in [0.3, 0.4) is 0 Å². The molecule has 9 heteroatoms. The van der Waals surface area contributed by atoms with Crippen LogP contribution in [0.2, 0.25) is 0 Å². The van der Waals surface area contributed by atoms with Gasteiger partial charge in [0, 0.05) is 36.7 Å². The summed E-state index contributed by atoms with van der Waals surface area (Å²) in [5, 5.41) is 9.51. The Morgan fingerprint density at radius 2 is 1.93 bits per heavy atom. The molecule has 0 bridgehead atoms. The predicted octanol–water partition coefficient (Wildman–Crippen LogP) is 6.43. The zero-order valence-corrected chi connectivity index (χ0v) is 24.8. The lowest BCUT2D eigenvalue weighted by molar-refractivity contribution is -0.0591. The summed E-state index contributed by atoms with van der Waals surface area (Å²) in [6.45, 7) is 3.32. The van der Waals surface area contributed by atoms with Crippen molar-refractivity contribution in [1.29, 1.82) is 0 Å². The van der Waals surface area contributed by atoms with Crippen molar-refractivity contribution in [2.45, 2.75) is 51.5 Å². The van der Waals surface area contributed by atoms with Gasteiger partial charge in [-0.15, -0.1) is 0 Å². The standard InChI is InChI=1S/C36H33F2N3O4/c37-30-9-7-26(19-34(30)45-22-28-6-5-24(17-31(28)38)4-3-23-1-2-23)25-11-14-40(15-12-25)21-35-39-32-10-8-27(36(42)43)18-33(32)41(35)20-29-13-16-44-29/h5-11,17-19,23,29H,1-2,12-16,20-22H2,(H,42,43). The Morgan fingerprint density at radius 3 is 2.64 bits per heavy atom. The highest BCUT2D eigenvalue weighted by Crippen LogP contribution is 2.30. The summed E-state index contributed by atoms with van der Waals surface area (Å²) < 4.78 is 42.9. The summed E-state index contributed by atoms with van der Waals surface area (Å²) in [5.74, 6) is 5.65. The summed E-state index contributed by atoms with van der Waals surface area (Å²) in [6, 6.07) is 14.7. The van der Waals surface area contributed by atoms with Crippen LogP contribution in [0.4, 0.5) is 8.78 Å². The van der Waals surface area contributed by atoms with Crippen molar-refractivity contribution in [3.63, 3.8) is 0 Å². The van der Waals surface area contributed by atoms with Crippen molar-refractivity contribution >= 4 is 22.6 Å². The molecule has 3 heterocycles. The van der Waals surface area contributed by atoms with Gasteiger partial charge in [-0.1, -0.05) is 30.0 Å². The predicted molar refractivity (Wildman–Crippen MR) is 166 cm³/mol. The minimum atomic E-state index is -0.968. The molecule has 4 aromatic rings. The molecule has 230 valence electrons. The molecule has 3 aromatic carbocycles. The minimum Gasteiger partial charge on any atom is -0.486 e. The SMILES string of the molecule is O=C(O)c1ccc2nc(CN3CC=C(c4ccc(F)c(OCc5ccc(C#CC6CC6)cc5F)c4)CC3)n(CC3CCO3)c2c1. The van der Waals surface area contributed by atoms with E-state index in [1.165, 1.54) is 12.1 Å². The van der Waals surface area contributed by atoms with Gasteiger partial charge in [-0.3, -0.25) is 4.90 Å². The maximum absolute atomic E-state index is 14.7. The molecule has 1 saturated carbocycles. The zero-order chi connectivity index (χ0) is 30.9. The zero-order valence-electron chi connectivity index (χ0n) is 24.8. The number of hydrogen-bond acceptors (Lipinski definition) is 5. The maximum Gasteiger partial charge on any atom is 0.335 e. The summed E-state index contributed by atoms with van der Waals surface area (Å²) >= 11 is 0. The van der Waals surface area contributed by atoms with Crippen LogP contribution in [0.25, 0.3) is 16.6 Å². The molecule has 1 saturated heterocycles. The third-order valence-corrected chi connectivity index (χ3v) is 8.65. The van der Waals surface area contributed by atoms with Gasteiger partial charge in [0.15, 0.2) is 11.6 Å². The van der Waals surface area contributed by atoms with E-state index in [2.05, 4.69) is 27.4 Å². The van der Waals surface area contributed by atoms with Gasteiger partial charge in [-0.05, 0) is 79.3 Å². The topological polar surface area (TPSA) is 76.8 Å². The van der Waals surface area contributed by atoms with E-state index >= 15 is 0 Å². The summed E-state index contributed by atoms with van der Waals surface area (Å²) in [7, 11) is 0. The molecule has 45 heavy (non-hydrogen) atoms. The molecular weight excluding hydrogens is 576 g/mol. The molecule has 7 rings (SSSR count). The van der Waals surface area contributed by atoms with Gasteiger partial charge in [-0.25, -0.2) is 18.6 Å². The molecule has 1 aromatic heterocycles. The van der Waals surface area contributed by atoms with Gasteiger partial charge in [0.25, 0.3) is 0 Å². The average Bonchev–Trinajstić information content (AvgIpc) is 3.79. The largest absolute Gasteiger partial charge is 0.486 e. The molecule has 1 atom stereocenters. The van der Waals surface area contributed by atoms with Crippen molar-refractivity contribution in [3.8, 4) is 17.6 Å². The second kappa shape index (κ2) is 12.5. The van der Waals surface area contributed by atoms with Gasteiger partial charge < -0.3 is 19.1 Å². The highest BCUT2D eigenvalue weighted by atomic mass is 19.1. The van der Waals surface area contributed by atoms with E-state index in [1.807, 2.05) is 0 Å². The molecule has 2 fully saturated rings. The number of carbonyl (C=O) groups is 1. The quantitative estimate of drug-likeness (QED) is 0.221. The number of ether oxygens (including phenoxy) is 2. The summed E-state index contributed by atoms with van der Waals surface area (Å²) in [4.78, 5) is 18.7. The number of benzene rings is 3. The fourth-order valence-corrected chi connectivity index (χ4v) is 5.70. The first-order valence-corrected chi connectivity index (χ1v) is 15.4. The number of rotatable bonds is 9. The lowest BCUT2D eigenvalue weighted by Gasteiger charge is -2.29. The van der Waals surface area contributed by atoms with E-state index in [9.17, 15) is 18.7 Å². The van der Waals surface area contributed by atoms with E-state index in [0.29, 0.717) is 36.7 Å². The molecule has 0 spiro atoms. The van der Waals surface area contributed by atoms with Crippen LogP contribution < -0.4 is 4.74 Å². The first-order chi connectivity index (χ1) is 21.9. The molecule has 2 aliphatic heterocycles. The molecule has 0 amide bonds. The van der Waals surface area contributed by atoms with Crippen LogP contribution in [0.5, 0.6) is 5.75 Å². The number of imidazole rings is 1. The van der Waals surface area contributed by atoms with Crippen molar-refractivity contribution in [1.82, 2.24) is 14.5 Å². The van der Waals surface area contributed by atoms with Gasteiger partial charge in [-0.2, -0.15) is 0 Å². The van der Waals surface area contributed by atoms with Crippen LogP contribution >= 0.6 is 0 Å². The Morgan fingerprint density at radius 1 is 1.07 bits per heavy atom. The van der Waals surface area contributed by atoms with Crippen molar-refractivity contribution in [2.24, 2.45) is 5.92 Å². The number of carboxylic acid groups (broad SMARTS) is 1. The molecule has 1 aliphatic carbocycles. The minimum absolute atomic E-state index is 0.0838. The Bertz CT molecular complexity index is 1860. The number of halogens is 2. The van der Waals surface area contributed by atoms with E-state index in [4.69, 9.17) is 14.5 Å². The number of aromatic carboxylic acids is 1. The van der Waals surface area contributed by atoms with Gasteiger partial charge in [0.1, 0.15) is 18.2 Å². The molecular formula is C36H33F2N3O4. The van der Waals surface area contributed by atoms with Crippen molar-refractivity contribution in [2.75, 3.05) is 19.7 Å². The second-order valence-electron chi connectivity index (χ2n) is 11.9. The molecule has 7 nitrogen and oxygen atoms in total. The number of carboxylic acids is 1. The number of hydrogen-bond donors (Lipinski definition) is 1. The van der Waals surface area contributed by atoms with Crippen LogP contribution in [0, 0.1) is 29.4 Å². The Hall–Kier alpha value is -4.52. The molecule has 1 unspecified atom stereocenters. The van der Waals surface area contributed by atoms with Crippen LogP contribution in [-0.2, 0) is 24.4 Å². The summed E-state index contributed by atoms with van der Waals surface area (Å²) in [6.07, 6.45) is 6.16. The maximum atomic E-state index is 14.7. The van der Waals surface area contributed by atoms with Crippen molar-refractivity contribution in [3.05, 3.63) is 100 Å². The first kappa shape index (κ1) is 29.2. The third-order valence-electron chi connectivity index (χ3n) is 8.65. The summed E-state index contributed by atoms with van der Waals surface area (Å²) in [5.41, 5.74) is 4.72. The number of nitrogens with zero attached hydrogens (tertiary/aromatic N) is 3. The van der Waals surface area contributed by atoms with Crippen LogP contribution in [-0.4, -0.2) is 51.3 Å². The Balaban J connectivity index is 1.03. The smallest absolute Gasteiger partial charge is 0.335 e. The van der Waals surface area contributed by atoms with Crippen molar-refractivity contribution < 1.29 is 28.2 Å². The molecule has 3 aliphatic rings. The third kappa shape index (κ3) is 6.63. The Kier molecular flexibility index (Phi) is 8.09. The molecule has 1 N–H and O–H groups in total. The number of fused-ring (bicyclic) bond motifs is 1. The van der Waals surface area contributed by atoms with E-state index in [1.54, 1.807) is 42.5 Å². The molecule has 0 radical (unpaired) electrons. The average molecular weight is 610 g/mol. The lowest BCUT2D eigenvalue weighted by Crippen LogP contribution is -2.33. The van der Waals surface area contributed by atoms with Gasteiger partial charge in [0.2, 0.25) is 0 Å². The normalized spacial score (nSPS) is 18.2. The fourth-order valence-electron chi connectivity index (χ4n) is 5.70. The highest BCUT2D eigenvalue weighted by molar-refractivity contribution is 5.92. The van der Waals surface area contributed by atoms with E-state index < -0.39 is 17.6 Å². The Labute approximate surface area is 260 Å². The van der Waals surface area contributed by atoms with Gasteiger partial charge >= 0.3 is 5.97 Å². The van der Waals surface area contributed by atoms with E-state index in [0.717, 1.165) is 66.8 Å². The van der Waals surface area contributed by atoms with Crippen LogP contribution in [0.1, 0.15) is 58.6 Å². The number of aromatic nitrogens is 2. The monoisotopic (exact) mass is 609 g/mol. The fraction of sp³-hybridized carbons (Fsp3) is 0.333. The van der Waals surface area contributed by atoms with Gasteiger partial charge in [0.05, 0.1) is 35.8 Å².